The highest BCUT2D eigenvalue weighted by Crippen LogP contribution is 2.22. The maximum absolute atomic E-state index is 12.4. The van der Waals surface area contributed by atoms with Crippen molar-refractivity contribution in [3.05, 3.63) is 77.5 Å². The summed E-state index contributed by atoms with van der Waals surface area (Å²) in [5.74, 6) is 1.62. The van der Waals surface area contributed by atoms with Crippen molar-refractivity contribution < 1.29 is 9.53 Å². The van der Waals surface area contributed by atoms with Crippen LogP contribution >= 0.6 is 0 Å². The van der Waals surface area contributed by atoms with E-state index in [1.807, 2.05) is 81.4 Å². The van der Waals surface area contributed by atoms with E-state index in [4.69, 9.17) is 9.72 Å². The van der Waals surface area contributed by atoms with Crippen LogP contribution in [0.15, 0.2) is 60.7 Å². The van der Waals surface area contributed by atoms with E-state index in [-0.39, 0.29) is 12.5 Å². The Morgan fingerprint density at radius 1 is 1.03 bits per heavy atom. The fourth-order valence-electron chi connectivity index (χ4n) is 3.24. The molecule has 6 heteroatoms. The van der Waals surface area contributed by atoms with Crippen molar-refractivity contribution in [2.75, 3.05) is 11.9 Å². The number of nitrogens with zero attached hydrogens (tertiary/aromatic N) is 3. The Morgan fingerprint density at radius 2 is 1.86 bits per heavy atom. The van der Waals surface area contributed by atoms with Crippen LogP contribution in [0.4, 0.5) is 5.82 Å². The van der Waals surface area contributed by atoms with E-state index >= 15 is 0 Å². The summed E-state index contributed by atoms with van der Waals surface area (Å²) in [4.78, 5) is 17.2. The number of anilines is 1. The summed E-state index contributed by atoms with van der Waals surface area (Å²) < 4.78 is 7.24. The third-order valence-corrected chi connectivity index (χ3v) is 4.58. The average Bonchev–Trinajstić information content (AvgIpc) is 3.06. The molecule has 0 radical (unpaired) electrons. The summed E-state index contributed by atoms with van der Waals surface area (Å²) in [5.41, 5.74) is 3.84. The number of para-hydroxylation sites is 1. The summed E-state index contributed by atoms with van der Waals surface area (Å²) in [6.45, 7) is 5.81. The van der Waals surface area contributed by atoms with E-state index in [1.165, 1.54) is 0 Å². The summed E-state index contributed by atoms with van der Waals surface area (Å²) in [6, 6.07) is 19.3. The van der Waals surface area contributed by atoms with E-state index in [2.05, 4.69) is 10.4 Å². The molecule has 0 atom stereocenters. The molecular formula is C23H22N4O2. The first-order valence-electron chi connectivity index (χ1n) is 9.42. The van der Waals surface area contributed by atoms with Crippen LogP contribution in [0.25, 0.3) is 16.7 Å². The number of aromatic nitrogens is 3. The van der Waals surface area contributed by atoms with Gasteiger partial charge in [0.1, 0.15) is 11.6 Å². The van der Waals surface area contributed by atoms with Gasteiger partial charge in [0, 0.05) is 11.5 Å². The van der Waals surface area contributed by atoms with Gasteiger partial charge in [-0.1, -0.05) is 30.3 Å². The maximum Gasteiger partial charge on any atom is 0.263 e. The van der Waals surface area contributed by atoms with Gasteiger partial charge in [-0.25, -0.2) is 4.98 Å². The Hall–Kier alpha value is -3.67. The van der Waals surface area contributed by atoms with Gasteiger partial charge in [0.25, 0.3) is 5.91 Å². The monoisotopic (exact) mass is 386 g/mol. The number of aryl methyl sites for hydroxylation is 3. The average molecular weight is 386 g/mol. The molecule has 0 saturated heterocycles. The summed E-state index contributed by atoms with van der Waals surface area (Å²) >= 11 is 0. The molecular weight excluding hydrogens is 364 g/mol. The maximum atomic E-state index is 12.4. The molecule has 0 unspecified atom stereocenters. The zero-order valence-corrected chi connectivity index (χ0v) is 16.6. The first-order valence-corrected chi connectivity index (χ1v) is 9.42. The lowest BCUT2D eigenvalue weighted by atomic mass is 10.1. The van der Waals surface area contributed by atoms with Gasteiger partial charge in [0.2, 0.25) is 0 Å². The molecule has 146 valence electrons. The van der Waals surface area contributed by atoms with Crippen LogP contribution in [0.1, 0.15) is 16.8 Å². The fraction of sp³-hybridized carbons (Fsp3) is 0.174. The van der Waals surface area contributed by atoms with Gasteiger partial charge in [-0.3, -0.25) is 4.79 Å². The predicted octanol–water partition coefficient (Wildman–Crippen LogP) is 4.36. The minimum atomic E-state index is -0.259. The van der Waals surface area contributed by atoms with Crippen LogP contribution in [-0.4, -0.2) is 27.3 Å². The van der Waals surface area contributed by atoms with E-state index in [0.717, 1.165) is 27.7 Å². The molecule has 0 saturated carbocycles. The molecule has 0 aliphatic heterocycles. The van der Waals surface area contributed by atoms with Crippen molar-refractivity contribution in [1.29, 1.82) is 0 Å². The Kier molecular flexibility index (Phi) is 4.99. The number of hydrogen-bond donors (Lipinski definition) is 1. The van der Waals surface area contributed by atoms with Crippen LogP contribution in [0.5, 0.6) is 5.75 Å². The molecule has 6 nitrogen and oxygen atoms in total. The molecule has 0 bridgehead atoms. The van der Waals surface area contributed by atoms with E-state index < -0.39 is 0 Å². The molecule has 0 aliphatic rings. The van der Waals surface area contributed by atoms with Crippen molar-refractivity contribution >= 4 is 22.6 Å². The second-order valence-electron chi connectivity index (χ2n) is 7.05. The number of benzene rings is 2. The van der Waals surface area contributed by atoms with E-state index in [1.54, 1.807) is 4.68 Å². The van der Waals surface area contributed by atoms with Crippen molar-refractivity contribution in [2.24, 2.45) is 0 Å². The predicted molar refractivity (Wildman–Crippen MR) is 114 cm³/mol. The van der Waals surface area contributed by atoms with Crippen LogP contribution in [0.3, 0.4) is 0 Å². The Bertz CT molecular complexity index is 1200. The number of carbonyl (C=O) groups is 1. The zero-order chi connectivity index (χ0) is 20.4. The second-order valence-corrected chi connectivity index (χ2v) is 7.05. The van der Waals surface area contributed by atoms with Gasteiger partial charge in [0.15, 0.2) is 12.4 Å². The van der Waals surface area contributed by atoms with Gasteiger partial charge in [-0.05, 0) is 56.2 Å². The molecule has 4 aromatic rings. The Balaban J connectivity index is 1.56. The van der Waals surface area contributed by atoms with Crippen LogP contribution < -0.4 is 10.1 Å². The highest BCUT2D eigenvalue weighted by atomic mass is 16.5. The topological polar surface area (TPSA) is 69.0 Å². The van der Waals surface area contributed by atoms with Gasteiger partial charge in [-0.2, -0.15) is 9.78 Å². The van der Waals surface area contributed by atoms with Gasteiger partial charge in [0.05, 0.1) is 11.2 Å². The largest absolute Gasteiger partial charge is 0.484 e. The number of amides is 1. The smallest absolute Gasteiger partial charge is 0.263 e. The quantitative estimate of drug-likeness (QED) is 0.553. The number of nitrogens with one attached hydrogen (secondary N) is 1. The number of pyridine rings is 1. The third-order valence-electron chi connectivity index (χ3n) is 4.58. The molecule has 2 aromatic carbocycles. The molecule has 2 aromatic heterocycles. The summed E-state index contributed by atoms with van der Waals surface area (Å²) in [7, 11) is 0. The first kappa shape index (κ1) is 18.7. The standard InChI is InChI=1S/C23H22N4O2/c1-15-7-6-8-18(11-15)29-14-23(28)25-22-13-17(3)26-27(22)21-12-16(2)19-9-4-5-10-20(19)24-21/h4-13H,14H2,1-3H3,(H,25,28). The molecule has 4 rings (SSSR count). The van der Waals surface area contributed by atoms with E-state index in [9.17, 15) is 4.79 Å². The molecule has 29 heavy (non-hydrogen) atoms. The number of ether oxygens (including phenoxy) is 1. The van der Waals surface area contributed by atoms with Crippen LogP contribution in [-0.2, 0) is 4.79 Å². The minimum absolute atomic E-state index is 0.0855. The highest BCUT2D eigenvalue weighted by molar-refractivity contribution is 5.91. The van der Waals surface area contributed by atoms with Crippen molar-refractivity contribution in [3.8, 4) is 11.6 Å². The van der Waals surface area contributed by atoms with Crippen molar-refractivity contribution in [2.45, 2.75) is 20.8 Å². The molecule has 1 amide bonds. The van der Waals surface area contributed by atoms with Crippen LogP contribution in [0, 0.1) is 20.8 Å². The first-order chi connectivity index (χ1) is 14.0. The number of carbonyl (C=O) groups excluding carboxylic acids is 1. The number of hydrogen-bond acceptors (Lipinski definition) is 4. The lowest BCUT2D eigenvalue weighted by Gasteiger charge is -2.11. The molecule has 2 heterocycles. The number of fused-ring (bicyclic) bond motifs is 1. The Labute approximate surface area is 169 Å². The third kappa shape index (κ3) is 4.11. The second kappa shape index (κ2) is 7.75. The lowest BCUT2D eigenvalue weighted by molar-refractivity contribution is -0.118. The Morgan fingerprint density at radius 3 is 2.69 bits per heavy atom. The zero-order valence-electron chi connectivity index (χ0n) is 16.6. The lowest BCUT2D eigenvalue weighted by Crippen LogP contribution is -2.22. The molecule has 0 spiro atoms. The van der Waals surface area contributed by atoms with Crippen molar-refractivity contribution in [3.63, 3.8) is 0 Å². The number of rotatable bonds is 5. The van der Waals surface area contributed by atoms with Gasteiger partial charge < -0.3 is 10.1 Å². The highest BCUT2D eigenvalue weighted by Gasteiger charge is 2.14. The molecule has 0 aliphatic carbocycles. The van der Waals surface area contributed by atoms with Gasteiger partial charge in [-0.15, -0.1) is 0 Å². The SMILES string of the molecule is Cc1cccc(OCC(=O)Nc2cc(C)nn2-c2cc(C)c3ccccc3n2)c1. The van der Waals surface area contributed by atoms with Crippen molar-refractivity contribution in [1.82, 2.24) is 14.8 Å². The van der Waals surface area contributed by atoms with Crippen LogP contribution in [0.2, 0.25) is 0 Å². The summed E-state index contributed by atoms with van der Waals surface area (Å²) in [5, 5.41) is 8.48. The summed E-state index contributed by atoms with van der Waals surface area (Å²) in [6.07, 6.45) is 0. The van der Waals surface area contributed by atoms with Gasteiger partial charge >= 0.3 is 0 Å². The minimum Gasteiger partial charge on any atom is -0.484 e. The fourth-order valence-corrected chi connectivity index (χ4v) is 3.24. The molecule has 0 fully saturated rings. The molecule has 1 N–H and O–H groups in total. The normalized spacial score (nSPS) is 10.9. The van der Waals surface area contributed by atoms with E-state index in [0.29, 0.717) is 17.4 Å².